The van der Waals surface area contributed by atoms with Crippen LogP contribution in [0.15, 0.2) is 30.3 Å². The Morgan fingerprint density at radius 3 is 2.53 bits per heavy atom. The summed E-state index contributed by atoms with van der Waals surface area (Å²) in [4.78, 5) is 13.9. The molecule has 0 atom stereocenters. The molecule has 0 amide bonds. The molecule has 0 aromatic heterocycles. The maximum Gasteiger partial charge on any atom is 0.320 e. The number of rotatable bonds is 8. The van der Waals surface area contributed by atoms with E-state index < -0.39 is 0 Å². The second-order valence-electron chi connectivity index (χ2n) is 5.06. The highest BCUT2D eigenvalue weighted by atomic mass is 16.5. The summed E-state index contributed by atoms with van der Waals surface area (Å²) in [6.07, 6.45) is 1.98. The fourth-order valence-corrected chi connectivity index (χ4v) is 1.78. The molecular weight excluding hydrogens is 238 g/mol. The lowest BCUT2D eigenvalue weighted by Crippen LogP contribution is -2.36. The smallest absolute Gasteiger partial charge is 0.320 e. The Hall–Kier alpha value is -1.35. The summed E-state index contributed by atoms with van der Waals surface area (Å²) in [7, 11) is 0. The minimum absolute atomic E-state index is 0.127. The molecule has 3 heteroatoms. The van der Waals surface area contributed by atoms with Crippen molar-refractivity contribution in [3.05, 3.63) is 35.9 Å². The minimum atomic E-state index is -0.127. The van der Waals surface area contributed by atoms with Gasteiger partial charge in [0, 0.05) is 12.6 Å². The van der Waals surface area contributed by atoms with Gasteiger partial charge in [0.25, 0.3) is 0 Å². The lowest BCUT2D eigenvalue weighted by atomic mass is 10.2. The summed E-state index contributed by atoms with van der Waals surface area (Å²) >= 11 is 0. The number of ether oxygens (including phenoxy) is 1. The Balaban J connectivity index is 2.47. The lowest BCUT2D eigenvalue weighted by molar-refractivity contribution is -0.145. The van der Waals surface area contributed by atoms with Gasteiger partial charge in [-0.1, -0.05) is 43.7 Å². The summed E-state index contributed by atoms with van der Waals surface area (Å²) in [5.74, 6) is -0.127. The maximum absolute atomic E-state index is 11.8. The van der Waals surface area contributed by atoms with E-state index in [1.54, 1.807) is 0 Å². The number of carbonyl (C=O) groups excluding carboxylic acids is 1. The van der Waals surface area contributed by atoms with Crippen LogP contribution < -0.4 is 0 Å². The number of nitrogens with zero attached hydrogens (tertiary/aromatic N) is 1. The Bertz CT molecular complexity index is 362. The Labute approximate surface area is 116 Å². The molecule has 0 unspecified atom stereocenters. The molecule has 0 aliphatic rings. The quantitative estimate of drug-likeness (QED) is 0.532. The lowest BCUT2D eigenvalue weighted by Gasteiger charge is -2.25. The molecular formula is C16H25NO2. The molecule has 0 heterocycles. The Kier molecular flexibility index (Phi) is 7.19. The first-order chi connectivity index (χ1) is 9.13. The predicted octanol–water partition coefficient (Wildman–Crippen LogP) is 3.24. The van der Waals surface area contributed by atoms with E-state index in [0.29, 0.717) is 19.2 Å². The van der Waals surface area contributed by atoms with Crippen LogP contribution in [0.25, 0.3) is 0 Å². The fraction of sp³-hybridized carbons (Fsp3) is 0.562. The van der Waals surface area contributed by atoms with Gasteiger partial charge in [-0.25, -0.2) is 0 Å². The van der Waals surface area contributed by atoms with E-state index in [0.717, 1.165) is 19.4 Å². The first kappa shape index (κ1) is 15.7. The number of carbonyl (C=O) groups is 1. The van der Waals surface area contributed by atoms with Crippen molar-refractivity contribution < 1.29 is 9.53 Å². The topological polar surface area (TPSA) is 29.5 Å². The van der Waals surface area contributed by atoms with Crippen molar-refractivity contribution in [2.75, 3.05) is 13.2 Å². The average Bonchev–Trinajstić information content (AvgIpc) is 2.39. The number of esters is 1. The molecule has 1 rings (SSSR count). The molecule has 106 valence electrons. The van der Waals surface area contributed by atoms with E-state index in [9.17, 15) is 4.79 Å². The summed E-state index contributed by atoms with van der Waals surface area (Å²) in [5.41, 5.74) is 1.22. The van der Waals surface area contributed by atoms with Crippen molar-refractivity contribution in [2.24, 2.45) is 0 Å². The predicted molar refractivity (Wildman–Crippen MR) is 77.9 cm³/mol. The molecule has 0 fully saturated rings. The molecule has 0 saturated heterocycles. The third-order valence-electron chi connectivity index (χ3n) is 3.05. The zero-order valence-electron chi connectivity index (χ0n) is 12.3. The third-order valence-corrected chi connectivity index (χ3v) is 3.05. The van der Waals surface area contributed by atoms with E-state index in [2.05, 4.69) is 37.8 Å². The summed E-state index contributed by atoms with van der Waals surface area (Å²) in [6.45, 7) is 7.96. The molecule has 0 radical (unpaired) electrons. The second-order valence-corrected chi connectivity index (χ2v) is 5.06. The van der Waals surface area contributed by atoms with Gasteiger partial charge in [-0.2, -0.15) is 0 Å². The third kappa shape index (κ3) is 6.39. The van der Waals surface area contributed by atoms with Gasteiger partial charge < -0.3 is 4.74 Å². The van der Waals surface area contributed by atoms with Gasteiger partial charge in [-0.05, 0) is 25.8 Å². The van der Waals surface area contributed by atoms with E-state index in [4.69, 9.17) is 4.74 Å². The first-order valence-electron chi connectivity index (χ1n) is 7.07. The molecule has 0 N–H and O–H groups in total. The fourth-order valence-electron chi connectivity index (χ4n) is 1.78. The van der Waals surface area contributed by atoms with Gasteiger partial charge in [0.2, 0.25) is 0 Å². The Morgan fingerprint density at radius 2 is 1.95 bits per heavy atom. The normalized spacial score (nSPS) is 11.0. The highest BCUT2D eigenvalue weighted by Crippen LogP contribution is 2.08. The highest BCUT2D eigenvalue weighted by Gasteiger charge is 2.15. The molecule has 0 spiro atoms. The summed E-state index contributed by atoms with van der Waals surface area (Å²) < 4.78 is 5.22. The molecule has 0 saturated carbocycles. The van der Waals surface area contributed by atoms with Gasteiger partial charge in [0.15, 0.2) is 0 Å². The number of benzene rings is 1. The number of hydrogen-bond donors (Lipinski definition) is 0. The molecule has 0 aliphatic carbocycles. The van der Waals surface area contributed by atoms with Crippen LogP contribution in [0.2, 0.25) is 0 Å². The van der Waals surface area contributed by atoms with Crippen LogP contribution in [0, 0.1) is 0 Å². The standard InChI is InChI=1S/C16H25NO2/c1-4-5-11-19-16(18)13-17(14(2)3)12-15-9-7-6-8-10-15/h6-10,14H,4-5,11-13H2,1-3H3. The van der Waals surface area contributed by atoms with Crippen LogP contribution in [0.3, 0.4) is 0 Å². The molecule has 0 bridgehead atoms. The van der Waals surface area contributed by atoms with Crippen molar-refractivity contribution in [2.45, 2.75) is 46.2 Å². The molecule has 0 aliphatic heterocycles. The van der Waals surface area contributed by atoms with Crippen molar-refractivity contribution in [1.82, 2.24) is 4.90 Å². The molecule has 19 heavy (non-hydrogen) atoms. The highest BCUT2D eigenvalue weighted by molar-refractivity contribution is 5.71. The SMILES string of the molecule is CCCCOC(=O)CN(Cc1ccccc1)C(C)C. The van der Waals surface area contributed by atoms with E-state index in [1.165, 1.54) is 5.56 Å². The summed E-state index contributed by atoms with van der Waals surface area (Å²) in [5, 5.41) is 0. The summed E-state index contributed by atoms with van der Waals surface area (Å²) in [6, 6.07) is 10.5. The van der Waals surface area contributed by atoms with Crippen molar-refractivity contribution in [3.63, 3.8) is 0 Å². The van der Waals surface area contributed by atoms with Gasteiger partial charge in [-0.15, -0.1) is 0 Å². The van der Waals surface area contributed by atoms with Crippen LogP contribution in [0.5, 0.6) is 0 Å². The molecule has 3 nitrogen and oxygen atoms in total. The van der Waals surface area contributed by atoms with Gasteiger partial charge >= 0.3 is 5.97 Å². The van der Waals surface area contributed by atoms with Crippen molar-refractivity contribution in [3.8, 4) is 0 Å². The number of hydrogen-bond acceptors (Lipinski definition) is 3. The monoisotopic (exact) mass is 263 g/mol. The van der Waals surface area contributed by atoms with Crippen LogP contribution >= 0.6 is 0 Å². The van der Waals surface area contributed by atoms with Crippen LogP contribution in [0.4, 0.5) is 0 Å². The van der Waals surface area contributed by atoms with E-state index in [1.807, 2.05) is 18.2 Å². The average molecular weight is 263 g/mol. The van der Waals surface area contributed by atoms with Crippen LogP contribution in [-0.2, 0) is 16.1 Å². The van der Waals surface area contributed by atoms with E-state index >= 15 is 0 Å². The maximum atomic E-state index is 11.8. The van der Waals surface area contributed by atoms with Gasteiger partial charge in [-0.3, -0.25) is 9.69 Å². The first-order valence-corrected chi connectivity index (χ1v) is 7.07. The Morgan fingerprint density at radius 1 is 1.26 bits per heavy atom. The second kappa shape index (κ2) is 8.70. The molecule has 1 aromatic carbocycles. The van der Waals surface area contributed by atoms with Crippen LogP contribution in [0.1, 0.15) is 39.2 Å². The van der Waals surface area contributed by atoms with Crippen molar-refractivity contribution in [1.29, 1.82) is 0 Å². The van der Waals surface area contributed by atoms with E-state index in [-0.39, 0.29) is 5.97 Å². The van der Waals surface area contributed by atoms with Gasteiger partial charge in [0.1, 0.15) is 0 Å². The van der Waals surface area contributed by atoms with Gasteiger partial charge in [0.05, 0.1) is 13.2 Å². The number of unbranched alkanes of at least 4 members (excludes halogenated alkanes) is 1. The zero-order valence-corrected chi connectivity index (χ0v) is 12.3. The zero-order chi connectivity index (χ0) is 14.1. The van der Waals surface area contributed by atoms with Crippen LogP contribution in [-0.4, -0.2) is 30.1 Å². The minimum Gasteiger partial charge on any atom is -0.465 e. The largest absolute Gasteiger partial charge is 0.465 e. The molecule has 1 aromatic rings. The van der Waals surface area contributed by atoms with Crippen molar-refractivity contribution >= 4 is 5.97 Å².